The molecule has 3 aliphatic heterocycles. The number of fused-ring (bicyclic) bond motifs is 3. The average Bonchev–Trinajstić information content (AvgIpc) is 3.22. The Bertz CT molecular complexity index is 1550. The van der Waals surface area contributed by atoms with Gasteiger partial charge in [0.2, 0.25) is 5.95 Å². The van der Waals surface area contributed by atoms with Crippen molar-refractivity contribution in [2.24, 2.45) is 0 Å². The number of aliphatic hydroxyl groups is 1. The van der Waals surface area contributed by atoms with E-state index in [1.807, 2.05) is 32.0 Å². The Morgan fingerprint density at radius 2 is 1.80 bits per heavy atom. The molecule has 9 heteroatoms. The summed E-state index contributed by atoms with van der Waals surface area (Å²) >= 11 is 6.78. The molecule has 7 nitrogen and oxygen atoms in total. The fourth-order valence-corrected chi connectivity index (χ4v) is 6.59. The quantitative estimate of drug-likeness (QED) is 0.287. The maximum atomic E-state index is 16.5. The number of aromatic nitrogens is 2. The van der Waals surface area contributed by atoms with Crippen LogP contribution in [0.5, 0.6) is 0 Å². The number of halogens is 2. The molecule has 4 heterocycles. The number of piperazine rings is 1. The van der Waals surface area contributed by atoms with Crippen LogP contribution < -0.4 is 15.1 Å². The zero-order valence-corrected chi connectivity index (χ0v) is 25.1. The summed E-state index contributed by atoms with van der Waals surface area (Å²) in [6.07, 6.45) is 5.53. The normalized spacial score (nSPS) is 21.8. The van der Waals surface area contributed by atoms with Gasteiger partial charge >= 0.3 is 0 Å². The molecule has 3 saturated heterocycles. The van der Waals surface area contributed by atoms with Gasteiger partial charge in [-0.3, -0.25) is 0 Å². The number of rotatable bonds is 6. The fourth-order valence-electron chi connectivity index (χ4n) is 6.25. The number of hydrogen-bond acceptors (Lipinski definition) is 7. The van der Waals surface area contributed by atoms with Gasteiger partial charge < -0.3 is 25.1 Å². The van der Waals surface area contributed by atoms with E-state index in [1.165, 1.54) is 0 Å². The first-order chi connectivity index (χ1) is 19.6. The summed E-state index contributed by atoms with van der Waals surface area (Å²) in [7, 11) is 4.14. The van der Waals surface area contributed by atoms with E-state index in [4.69, 9.17) is 21.6 Å². The molecule has 0 spiro atoms. The van der Waals surface area contributed by atoms with E-state index in [2.05, 4.69) is 34.1 Å². The third kappa shape index (κ3) is 5.29. The van der Waals surface area contributed by atoms with Crippen LogP contribution >= 0.6 is 11.6 Å². The molecule has 0 amide bonds. The van der Waals surface area contributed by atoms with Crippen LogP contribution in [0.25, 0.3) is 22.6 Å². The molecule has 6 rings (SSSR count). The average molecular weight is 577 g/mol. The first-order valence-corrected chi connectivity index (χ1v) is 14.7. The van der Waals surface area contributed by atoms with E-state index >= 15 is 4.39 Å². The Balaban J connectivity index is 1.43. The predicted octanol–water partition coefficient (Wildman–Crippen LogP) is 5.73. The third-order valence-electron chi connectivity index (χ3n) is 8.95. The smallest absolute Gasteiger partial charge is 0.228 e. The number of benzene rings is 2. The van der Waals surface area contributed by atoms with Gasteiger partial charge in [0.15, 0.2) is 5.82 Å². The highest BCUT2D eigenvalue weighted by molar-refractivity contribution is 6.33. The monoisotopic (exact) mass is 576 g/mol. The molecule has 3 fully saturated rings. The van der Waals surface area contributed by atoms with Crippen molar-refractivity contribution in [1.29, 1.82) is 0 Å². The van der Waals surface area contributed by atoms with Crippen molar-refractivity contribution in [3.8, 4) is 0 Å². The van der Waals surface area contributed by atoms with Gasteiger partial charge in [-0.05, 0) is 88.2 Å². The second-order valence-corrected chi connectivity index (χ2v) is 12.4. The lowest BCUT2D eigenvalue weighted by Crippen LogP contribution is -2.58. The lowest BCUT2D eigenvalue weighted by molar-refractivity contribution is 0.245. The van der Waals surface area contributed by atoms with Gasteiger partial charge in [-0.2, -0.15) is 4.98 Å². The summed E-state index contributed by atoms with van der Waals surface area (Å²) in [5, 5.41) is 15.4. The lowest BCUT2D eigenvalue weighted by Gasteiger charge is -2.43. The van der Waals surface area contributed by atoms with Crippen LogP contribution in [0, 0.1) is 19.7 Å². The minimum Gasteiger partial charge on any atom is -0.508 e. The number of nitrogens with one attached hydrogen (secondary N) is 1. The van der Waals surface area contributed by atoms with E-state index in [0.717, 1.165) is 61.5 Å². The number of aliphatic hydroxyl groups excluding tert-OH is 1. The minimum atomic E-state index is -0.492. The molecular weight excluding hydrogens is 539 g/mol. The van der Waals surface area contributed by atoms with Crippen LogP contribution in [0.15, 0.2) is 36.1 Å². The summed E-state index contributed by atoms with van der Waals surface area (Å²) in [4.78, 5) is 16.4. The van der Waals surface area contributed by atoms with Gasteiger partial charge in [0.1, 0.15) is 17.1 Å². The standard InChI is InChI=1S/C32H38ClFN6O/c1-18-7-6-8-21(20(18)3)12-25(41)11-19(2)28-27(33)13-26-30(29(28)34)36-32(40-16-24(17-40)38(4)5)37-31(26)39-14-22-9-10-23(15-39)35-22/h6-8,11-13,22-24,35,41H,9-10,14-17H2,1-5H3/b19-11+,25-12+. The molecule has 1 aromatic heterocycles. The van der Waals surface area contributed by atoms with E-state index in [1.54, 1.807) is 25.1 Å². The van der Waals surface area contributed by atoms with Crippen LogP contribution in [0.1, 0.15) is 42.0 Å². The molecule has 3 aromatic rings. The van der Waals surface area contributed by atoms with E-state index in [9.17, 15) is 5.11 Å². The first-order valence-electron chi connectivity index (χ1n) is 14.4. The van der Waals surface area contributed by atoms with Crippen molar-refractivity contribution < 1.29 is 9.50 Å². The lowest BCUT2D eigenvalue weighted by atomic mass is 10.0. The van der Waals surface area contributed by atoms with E-state index in [-0.39, 0.29) is 21.9 Å². The van der Waals surface area contributed by atoms with Crippen molar-refractivity contribution in [3.05, 3.63) is 69.2 Å². The molecule has 2 N–H and O–H groups in total. The summed E-state index contributed by atoms with van der Waals surface area (Å²) in [6.45, 7) is 9.04. The van der Waals surface area contributed by atoms with Gasteiger partial charge in [-0.25, -0.2) is 9.37 Å². The van der Waals surface area contributed by atoms with Crippen LogP contribution in [-0.2, 0) is 0 Å². The molecule has 41 heavy (non-hydrogen) atoms. The van der Waals surface area contributed by atoms with Gasteiger partial charge in [-0.15, -0.1) is 0 Å². The first kappa shape index (κ1) is 27.9. The number of anilines is 2. The summed E-state index contributed by atoms with van der Waals surface area (Å²) < 4.78 is 16.5. The zero-order valence-electron chi connectivity index (χ0n) is 24.4. The molecule has 216 valence electrons. The third-order valence-corrected chi connectivity index (χ3v) is 9.25. The summed E-state index contributed by atoms with van der Waals surface area (Å²) in [6, 6.07) is 8.95. The highest BCUT2D eigenvalue weighted by atomic mass is 35.5. The van der Waals surface area contributed by atoms with Gasteiger partial charge in [-0.1, -0.05) is 29.8 Å². The maximum Gasteiger partial charge on any atom is 0.228 e. The van der Waals surface area contributed by atoms with Gasteiger partial charge in [0, 0.05) is 55.3 Å². The number of hydrogen-bond donors (Lipinski definition) is 2. The second kappa shape index (κ2) is 10.9. The fraction of sp³-hybridized carbons (Fsp3) is 0.438. The highest BCUT2D eigenvalue weighted by Crippen LogP contribution is 2.38. The molecular formula is C32H38ClFN6O. The molecule has 0 aliphatic carbocycles. The Morgan fingerprint density at radius 3 is 2.49 bits per heavy atom. The summed E-state index contributed by atoms with van der Waals surface area (Å²) in [5.41, 5.74) is 4.15. The molecule has 0 radical (unpaired) electrons. The number of aryl methyl sites for hydroxylation is 1. The van der Waals surface area contributed by atoms with E-state index < -0.39 is 5.82 Å². The molecule has 2 atom stereocenters. The highest BCUT2D eigenvalue weighted by Gasteiger charge is 2.36. The minimum absolute atomic E-state index is 0.0300. The van der Waals surface area contributed by atoms with Crippen molar-refractivity contribution in [2.45, 2.75) is 51.7 Å². The van der Waals surface area contributed by atoms with E-state index in [0.29, 0.717) is 35.0 Å². The maximum absolute atomic E-state index is 16.5. The van der Waals surface area contributed by atoms with Crippen LogP contribution in [0.3, 0.4) is 0 Å². The number of allylic oxidation sites excluding steroid dienone is 2. The van der Waals surface area contributed by atoms with Crippen molar-refractivity contribution in [3.63, 3.8) is 0 Å². The van der Waals surface area contributed by atoms with Crippen molar-refractivity contribution in [1.82, 2.24) is 20.2 Å². The molecule has 2 unspecified atom stereocenters. The van der Waals surface area contributed by atoms with Crippen molar-refractivity contribution in [2.75, 3.05) is 50.1 Å². The molecule has 2 aromatic carbocycles. The number of likely N-dealkylation sites (N-methyl/N-ethyl adjacent to an activating group) is 1. The van der Waals surface area contributed by atoms with Crippen LogP contribution in [-0.4, -0.2) is 78.4 Å². The SMILES string of the molecule is C/C(=C\C(O)=C/c1cccc(C)c1C)c1c(Cl)cc2c(N3CC4CCC(C3)N4)nc(N3CC(N(C)C)C3)nc2c1F. The zero-order chi connectivity index (χ0) is 29.0. The van der Waals surface area contributed by atoms with Crippen molar-refractivity contribution >= 4 is 45.9 Å². The van der Waals surface area contributed by atoms with Crippen LogP contribution in [0.4, 0.5) is 16.2 Å². The Morgan fingerprint density at radius 1 is 1.10 bits per heavy atom. The number of nitrogens with zero attached hydrogens (tertiary/aromatic N) is 5. The molecule has 2 bridgehead atoms. The molecule has 3 aliphatic rings. The van der Waals surface area contributed by atoms with Gasteiger partial charge in [0.05, 0.1) is 5.02 Å². The second-order valence-electron chi connectivity index (χ2n) is 12.0. The predicted molar refractivity (Wildman–Crippen MR) is 167 cm³/mol. The Kier molecular flexibility index (Phi) is 7.42. The Labute approximate surface area is 246 Å². The largest absolute Gasteiger partial charge is 0.508 e. The summed E-state index contributed by atoms with van der Waals surface area (Å²) in [5.74, 6) is 0.821. The topological polar surface area (TPSA) is 67.8 Å². The van der Waals surface area contributed by atoms with Gasteiger partial charge in [0.25, 0.3) is 0 Å². The van der Waals surface area contributed by atoms with Crippen LogP contribution in [0.2, 0.25) is 5.02 Å². The molecule has 0 saturated carbocycles. The Hall–Kier alpha value is -3.20.